The summed E-state index contributed by atoms with van der Waals surface area (Å²) in [4.78, 5) is 0. The lowest BCUT2D eigenvalue weighted by Gasteiger charge is -1.99. The SMILES string of the molecule is [CH2]c1ccn(-c2ccc(F)cc2)n1. The van der Waals surface area contributed by atoms with Crippen molar-refractivity contribution in [3.05, 3.63) is 55.0 Å². The van der Waals surface area contributed by atoms with E-state index in [1.165, 1.54) is 12.1 Å². The normalized spacial score (nSPS) is 10.3. The van der Waals surface area contributed by atoms with E-state index in [4.69, 9.17) is 0 Å². The predicted octanol–water partition coefficient (Wildman–Crippen LogP) is 2.19. The third kappa shape index (κ3) is 1.59. The molecule has 0 saturated heterocycles. The second-order valence-corrected chi connectivity index (χ2v) is 2.73. The molecule has 0 aliphatic rings. The molecule has 65 valence electrons. The minimum atomic E-state index is -0.245. The van der Waals surface area contributed by atoms with E-state index >= 15 is 0 Å². The van der Waals surface area contributed by atoms with Crippen LogP contribution in [-0.2, 0) is 0 Å². The fourth-order valence-corrected chi connectivity index (χ4v) is 1.10. The molecule has 2 rings (SSSR count). The molecule has 2 nitrogen and oxygen atoms in total. The summed E-state index contributed by atoms with van der Waals surface area (Å²) in [6.07, 6.45) is 1.79. The molecule has 1 aromatic heterocycles. The minimum Gasteiger partial charge on any atom is -0.241 e. The first-order valence-electron chi connectivity index (χ1n) is 3.89. The van der Waals surface area contributed by atoms with E-state index in [0.29, 0.717) is 5.69 Å². The van der Waals surface area contributed by atoms with Crippen molar-refractivity contribution < 1.29 is 4.39 Å². The molecule has 0 unspecified atom stereocenters. The Balaban J connectivity index is 2.41. The topological polar surface area (TPSA) is 17.8 Å². The zero-order valence-electron chi connectivity index (χ0n) is 6.94. The van der Waals surface area contributed by atoms with E-state index in [0.717, 1.165) is 5.69 Å². The summed E-state index contributed by atoms with van der Waals surface area (Å²) >= 11 is 0. The number of rotatable bonds is 1. The van der Waals surface area contributed by atoms with Crippen LogP contribution in [0.3, 0.4) is 0 Å². The molecule has 1 radical (unpaired) electrons. The number of hydrogen-bond acceptors (Lipinski definition) is 1. The maximum Gasteiger partial charge on any atom is 0.123 e. The Morgan fingerprint density at radius 2 is 1.85 bits per heavy atom. The zero-order valence-corrected chi connectivity index (χ0v) is 6.94. The van der Waals surface area contributed by atoms with Gasteiger partial charge in [-0.05, 0) is 37.3 Å². The highest BCUT2D eigenvalue weighted by atomic mass is 19.1. The number of nitrogens with zero attached hydrogens (tertiary/aromatic N) is 2. The second-order valence-electron chi connectivity index (χ2n) is 2.73. The molecule has 3 heteroatoms. The van der Waals surface area contributed by atoms with Crippen molar-refractivity contribution in [3.63, 3.8) is 0 Å². The number of halogens is 1. The fraction of sp³-hybridized carbons (Fsp3) is 0. The largest absolute Gasteiger partial charge is 0.241 e. The van der Waals surface area contributed by atoms with Crippen molar-refractivity contribution in [1.82, 2.24) is 9.78 Å². The standard InChI is InChI=1S/C10H8FN2/c1-8-6-7-13(12-8)10-4-2-9(11)3-5-10/h2-7H,1H2. The first-order valence-corrected chi connectivity index (χ1v) is 3.89. The lowest BCUT2D eigenvalue weighted by Crippen LogP contribution is -1.94. The highest BCUT2D eigenvalue weighted by Crippen LogP contribution is 2.08. The molecule has 0 N–H and O–H groups in total. The van der Waals surface area contributed by atoms with Crippen molar-refractivity contribution in [1.29, 1.82) is 0 Å². The highest BCUT2D eigenvalue weighted by Gasteiger charge is 1.97. The van der Waals surface area contributed by atoms with Gasteiger partial charge in [-0.3, -0.25) is 0 Å². The predicted molar refractivity (Wildman–Crippen MR) is 48.0 cm³/mol. The maximum atomic E-state index is 12.6. The van der Waals surface area contributed by atoms with Crippen molar-refractivity contribution in [2.75, 3.05) is 0 Å². The van der Waals surface area contributed by atoms with Crippen LogP contribution in [0.25, 0.3) is 5.69 Å². The van der Waals surface area contributed by atoms with Gasteiger partial charge in [0.2, 0.25) is 0 Å². The summed E-state index contributed by atoms with van der Waals surface area (Å²) in [5.74, 6) is -0.245. The Morgan fingerprint density at radius 3 is 2.38 bits per heavy atom. The lowest BCUT2D eigenvalue weighted by atomic mass is 10.3. The number of aromatic nitrogens is 2. The van der Waals surface area contributed by atoms with E-state index in [1.54, 1.807) is 29.1 Å². The van der Waals surface area contributed by atoms with Gasteiger partial charge in [-0.2, -0.15) is 5.10 Å². The van der Waals surface area contributed by atoms with Crippen LogP contribution < -0.4 is 0 Å². The summed E-state index contributed by atoms with van der Waals surface area (Å²) in [6, 6.07) is 7.94. The van der Waals surface area contributed by atoms with Crippen LogP contribution in [0, 0.1) is 12.7 Å². The molecular weight excluding hydrogens is 167 g/mol. The molecule has 1 aromatic carbocycles. The summed E-state index contributed by atoms with van der Waals surface area (Å²) < 4.78 is 14.2. The number of benzene rings is 1. The summed E-state index contributed by atoms with van der Waals surface area (Å²) in [5, 5.41) is 4.09. The Kier molecular flexibility index (Phi) is 1.85. The van der Waals surface area contributed by atoms with Crippen LogP contribution in [0.1, 0.15) is 5.69 Å². The molecule has 1 heterocycles. The van der Waals surface area contributed by atoms with Gasteiger partial charge in [-0.15, -0.1) is 0 Å². The highest BCUT2D eigenvalue weighted by molar-refractivity contribution is 5.31. The molecule has 0 spiro atoms. The maximum absolute atomic E-state index is 12.6. The lowest BCUT2D eigenvalue weighted by molar-refractivity contribution is 0.627. The van der Waals surface area contributed by atoms with Gasteiger partial charge >= 0.3 is 0 Å². The third-order valence-electron chi connectivity index (χ3n) is 1.74. The van der Waals surface area contributed by atoms with Crippen LogP contribution in [0.15, 0.2) is 36.5 Å². The van der Waals surface area contributed by atoms with Crippen molar-refractivity contribution in [3.8, 4) is 5.69 Å². The van der Waals surface area contributed by atoms with Crippen LogP contribution >= 0.6 is 0 Å². The summed E-state index contributed by atoms with van der Waals surface area (Å²) in [5.41, 5.74) is 1.53. The molecule has 0 aliphatic heterocycles. The van der Waals surface area contributed by atoms with Gasteiger partial charge in [0, 0.05) is 6.20 Å². The Hall–Kier alpha value is -1.64. The van der Waals surface area contributed by atoms with E-state index in [9.17, 15) is 4.39 Å². The molecule has 2 aromatic rings. The monoisotopic (exact) mass is 175 g/mol. The van der Waals surface area contributed by atoms with E-state index in [-0.39, 0.29) is 5.82 Å². The van der Waals surface area contributed by atoms with Gasteiger partial charge in [-0.25, -0.2) is 9.07 Å². The van der Waals surface area contributed by atoms with Gasteiger partial charge in [-0.1, -0.05) is 0 Å². The Labute approximate surface area is 75.6 Å². The quantitative estimate of drug-likeness (QED) is 0.649. The van der Waals surface area contributed by atoms with E-state index in [1.807, 2.05) is 0 Å². The van der Waals surface area contributed by atoms with Crippen LogP contribution in [0.5, 0.6) is 0 Å². The molecule has 13 heavy (non-hydrogen) atoms. The first-order chi connectivity index (χ1) is 6.25. The van der Waals surface area contributed by atoms with Crippen LogP contribution in [0.2, 0.25) is 0 Å². The molecule has 0 fully saturated rings. The fourth-order valence-electron chi connectivity index (χ4n) is 1.10. The average Bonchev–Trinajstić information content (AvgIpc) is 2.53. The molecule has 0 aliphatic carbocycles. The summed E-state index contributed by atoms with van der Waals surface area (Å²) in [6.45, 7) is 3.68. The smallest absolute Gasteiger partial charge is 0.123 e. The Morgan fingerprint density at radius 1 is 1.15 bits per heavy atom. The van der Waals surface area contributed by atoms with E-state index < -0.39 is 0 Å². The van der Waals surface area contributed by atoms with Crippen molar-refractivity contribution >= 4 is 0 Å². The molecule has 0 saturated carbocycles. The third-order valence-corrected chi connectivity index (χ3v) is 1.74. The molecular formula is C10H8FN2. The first kappa shape index (κ1) is 7.98. The average molecular weight is 175 g/mol. The van der Waals surface area contributed by atoms with Gasteiger partial charge in [0.15, 0.2) is 0 Å². The second kappa shape index (κ2) is 3.01. The van der Waals surface area contributed by atoms with Gasteiger partial charge in [0.05, 0.1) is 11.4 Å². The van der Waals surface area contributed by atoms with Crippen LogP contribution in [0.4, 0.5) is 4.39 Å². The molecule has 0 bridgehead atoms. The minimum absolute atomic E-state index is 0.245. The molecule has 0 atom stereocenters. The van der Waals surface area contributed by atoms with Gasteiger partial charge in [0.1, 0.15) is 5.82 Å². The summed E-state index contributed by atoms with van der Waals surface area (Å²) in [7, 11) is 0. The van der Waals surface area contributed by atoms with Crippen molar-refractivity contribution in [2.24, 2.45) is 0 Å². The van der Waals surface area contributed by atoms with Crippen molar-refractivity contribution in [2.45, 2.75) is 0 Å². The Bertz CT molecular complexity index is 403. The van der Waals surface area contributed by atoms with Gasteiger partial charge < -0.3 is 0 Å². The van der Waals surface area contributed by atoms with Crippen LogP contribution in [-0.4, -0.2) is 9.78 Å². The van der Waals surface area contributed by atoms with Gasteiger partial charge in [0.25, 0.3) is 0 Å². The zero-order chi connectivity index (χ0) is 9.26. The molecule has 0 amide bonds. The number of hydrogen-bond donors (Lipinski definition) is 0. The van der Waals surface area contributed by atoms with E-state index in [2.05, 4.69) is 12.0 Å².